The van der Waals surface area contributed by atoms with Gasteiger partial charge in [-0.1, -0.05) is 53.2 Å². The lowest BCUT2D eigenvalue weighted by Crippen LogP contribution is -2.30. The van der Waals surface area contributed by atoms with Crippen molar-refractivity contribution in [3.8, 4) is 17.2 Å². The molecule has 0 saturated carbocycles. The Kier molecular flexibility index (Phi) is 8.49. The lowest BCUT2D eigenvalue weighted by atomic mass is 10.2. The van der Waals surface area contributed by atoms with E-state index in [4.69, 9.17) is 32.7 Å². The SMILES string of the molecule is COc1ccc(OC)c(-n2c(CNC(=O)c3ccc(Cl)cc3Cl)nnc2SCC(=O)N2CCc3ccccc32)c1. The third kappa shape index (κ3) is 5.74. The second-order valence-corrected chi connectivity index (χ2v) is 10.6. The van der Waals surface area contributed by atoms with Crippen molar-refractivity contribution in [3.05, 3.63) is 87.7 Å². The number of aromatic nitrogens is 3. The Morgan fingerprint density at radius 2 is 1.82 bits per heavy atom. The zero-order chi connectivity index (χ0) is 28.2. The van der Waals surface area contributed by atoms with Crippen molar-refractivity contribution in [1.82, 2.24) is 20.1 Å². The van der Waals surface area contributed by atoms with Gasteiger partial charge < -0.3 is 19.7 Å². The van der Waals surface area contributed by atoms with Gasteiger partial charge in [0.1, 0.15) is 11.5 Å². The molecular weight excluding hydrogens is 573 g/mol. The lowest BCUT2D eigenvalue weighted by Gasteiger charge is -2.18. The first-order valence-electron chi connectivity index (χ1n) is 12.3. The van der Waals surface area contributed by atoms with E-state index in [1.54, 1.807) is 54.0 Å². The number of carbonyl (C=O) groups excluding carboxylic acids is 2. The predicted molar refractivity (Wildman–Crippen MR) is 155 cm³/mol. The monoisotopic (exact) mass is 597 g/mol. The minimum atomic E-state index is -0.397. The Hall–Kier alpha value is -3.73. The fraction of sp³-hybridized carbons (Fsp3) is 0.214. The fourth-order valence-corrected chi connectivity index (χ4v) is 5.79. The van der Waals surface area contributed by atoms with E-state index >= 15 is 0 Å². The molecule has 1 N–H and O–H groups in total. The van der Waals surface area contributed by atoms with Crippen LogP contribution in [-0.4, -0.2) is 53.1 Å². The molecule has 5 rings (SSSR count). The first-order chi connectivity index (χ1) is 19.4. The summed E-state index contributed by atoms with van der Waals surface area (Å²) in [6, 6.07) is 17.9. The van der Waals surface area contributed by atoms with Crippen LogP contribution in [0.3, 0.4) is 0 Å². The summed E-state index contributed by atoms with van der Waals surface area (Å²) in [5, 5.41) is 12.7. The highest BCUT2D eigenvalue weighted by molar-refractivity contribution is 7.99. The van der Waals surface area contributed by atoms with Crippen molar-refractivity contribution >= 4 is 52.5 Å². The van der Waals surface area contributed by atoms with Gasteiger partial charge >= 0.3 is 0 Å². The fourth-order valence-electron chi connectivity index (χ4n) is 4.45. The molecule has 206 valence electrons. The molecule has 0 saturated heterocycles. The van der Waals surface area contributed by atoms with Gasteiger partial charge in [-0.05, 0) is 48.4 Å². The van der Waals surface area contributed by atoms with Crippen LogP contribution in [0, 0.1) is 0 Å². The molecule has 3 aromatic carbocycles. The molecule has 0 atom stereocenters. The van der Waals surface area contributed by atoms with Crippen LogP contribution in [0.2, 0.25) is 10.0 Å². The summed E-state index contributed by atoms with van der Waals surface area (Å²) in [5.41, 5.74) is 2.97. The topological polar surface area (TPSA) is 98.6 Å². The molecule has 0 aliphatic carbocycles. The Bertz CT molecular complexity index is 1580. The zero-order valence-electron chi connectivity index (χ0n) is 21.7. The van der Waals surface area contributed by atoms with Gasteiger partial charge in [-0.3, -0.25) is 14.2 Å². The van der Waals surface area contributed by atoms with Gasteiger partial charge in [0.2, 0.25) is 5.91 Å². The van der Waals surface area contributed by atoms with Crippen LogP contribution in [0.15, 0.2) is 65.8 Å². The molecule has 9 nitrogen and oxygen atoms in total. The van der Waals surface area contributed by atoms with E-state index in [1.165, 1.54) is 17.8 Å². The number of amides is 2. The number of halogens is 2. The number of thioether (sulfide) groups is 1. The van der Waals surface area contributed by atoms with E-state index < -0.39 is 5.91 Å². The maximum atomic E-state index is 13.2. The Morgan fingerprint density at radius 1 is 1.00 bits per heavy atom. The molecular formula is C28H25Cl2N5O4S. The highest BCUT2D eigenvalue weighted by Crippen LogP contribution is 2.33. The smallest absolute Gasteiger partial charge is 0.253 e. The number of fused-ring (bicyclic) bond motifs is 1. The number of anilines is 1. The lowest BCUT2D eigenvalue weighted by molar-refractivity contribution is -0.116. The van der Waals surface area contributed by atoms with Crippen LogP contribution in [0.5, 0.6) is 11.5 Å². The molecule has 0 fully saturated rings. The van der Waals surface area contributed by atoms with E-state index in [-0.39, 0.29) is 28.8 Å². The van der Waals surface area contributed by atoms with Crippen LogP contribution in [0.25, 0.3) is 5.69 Å². The number of carbonyl (C=O) groups is 2. The molecule has 0 unspecified atom stereocenters. The average Bonchev–Trinajstić information content (AvgIpc) is 3.58. The van der Waals surface area contributed by atoms with Crippen molar-refractivity contribution < 1.29 is 19.1 Å². The van der Waals surface area contributed by atoms with Crippen molar-refractivity contribution in [2.75, 3.05) is 31.4 Å². The summed E-state index contributed by atoms with van der Waals surface area (Å²) < 4.78 is 12.8. The zero-order valence-corrected chi connectivity index (χ0v) is 24.0. The Balaban J connectivity index is 1.42. The number of ether oxygens (including phenoxy) is 2. The summed E-state index contributed by atoms with van der Waals surface area (Å²) in [5.74, 6) is 1.27. The van der Waals surface area contributed by atoms with Crippen LogP contribution >= 0.6 is 35.0 Å². The summed E-state index contributed by atoms with van der Waals surface area (Å²) in [7, 11) is 3.12. The molecule has 0 bridgehead atoms. The Labute approximate surface area is 245 Å². The second-order valence-electron chi connectivity index (χ2n) is 8.79. The maximum absolute atomic E-state index is 13.2. The molecule has 1 aliphatic rings. The molecule has 12 heteroatoms. The highest BCUT2D eigenvalue weighted by atomic mass is 35.5. The summed E-state index contributed by atoms with van der Waals surface area (Å²) in [4.78, 5) is 27.9. The summed E-state index contributed by atoms with van der Waals surface area (Å²) in [6.07, 6.45) is 0.825. The van der Waals surface area contributed by atoms with Gasteiger partial charge in [-0.2, -0.15) is 0 Å². The van der Waals surface area contributed by atoms with E-state index in [2.05, 4.69) is 15.5 Å². The van der Waals surface area contributed by atoms with E-state index in [9.17, 15) is 9.59 Å². The molecule has 0 radical (unpaired) electrons. The summed E-state index contributed by atoms with van der Waals surface area (Å²) >= 11 is 13.4. The predicted octanol–water partition coefficient (Wildman–Crippen LogP) is 5.20. The summed E-state index contributed by atoms with van der Waals surface area (Å²) in [6.45, 7) is 0.666. The molecule has 0 spiro atoms. The number of benzene rings is 3. The number of methoxy groups -OCH3 is 2. The number of hydrogen-bond acceptors (Lipinski definition) is 7. The molecule has 40 heavy (non-hydrogen) atoms. The number of para-hydroxylation sites is 1. The molecule has 1 aromatic heterocycles. The molecule has 2 amide bonds. The first kappa shape index (κ1) is 27.8. The minimum absolute atomic E-state index is 0.0269. The standard InChI is InChI=1S/C28H25Cl2N5O4S/c1-38-19-8-10-24(39-2)23(14-19)35-25(15-31-27(37)20-9-7-18(29)13-21(20)30)32-33-28(35)40-16-26(36)34-12-11-17-5-3-4-6-22(17)34/h3-10,13-14H,11-12,15-16H2,1-2H3,(H,31,37). The molecule has 2 heterocycles. The van der Waals surface area contributed by atoms with Crippen molar-refractivity contribution in [2.45, 2.75) is 18.1 Å². The normalized spacial score (nSPS) is 12.2. The largest absolute Gasteiger partial charge is 0.497 e. The Morgan fingerprint density at radius 3 is 2.60 bits per heavy atom. The molecule has 1 aliphatic heterocycles. The van der Waals surface area contributed by atoms with Crippen LogP contribution in [0.1, 0.15) is 21.7 Å². The van der Waals surface area contributed by atoms with E-state index in [0.29, 0.717) is 39.7 Å². The van der Waals surface area contributed by atoms with Gasteiger partial charge in [0.25, 0.3) is 5.91 Å². The van der Waals surface area contributed by atoms with Gasteiger partial charge in [0.15, 0.2) is 11.0 Å². The van der Waals surface area contributed by atoms with Gasteiger partial charge in [0.05, 0.1) is 42.8 Å². The number of rotatable bonds is 9. The minimum Gasteiger partial charge on any atom is -0.497 e. The maximum Gasteiger partial charge on any atom is 0.253 e. The van der Waals surface area contributed by atoms with E-state index in [1.807, 2.05) is 24.3 Å². The van der Waals surface area contributed by atoms with Crippen molar-refractivity contribution in [1.29, 1.82) is 0 Å². The van der Waals surface area contributed by atoms with E-state index in [0.717, 1.165) is 17.7 Å². The van der Waals surface area contributed by atoms with Gasteiger partial charge in [-0.15, -0.1) is 10.2 Å². The van der Waals surface area contributed by atoms with Crippen molar-refractivity contribution in [3.63, 3.8) is 0 Å². The number of hydrogen-bond donors (Lipinski definition) is 1. The van der Waals surface area contributed by atoms with Crippen molar-refractivity contribution in [2.24, 2.45) is 0 Å². The van der Waals surface area contributed by atoms with Gasteiger partial charge in [-0.25, -0.2) is 0 Å². The van der Waals surface area contributed by atoms with Crippen LogP contribution in [0.4, 0.5) is 5.69 Å². The number of nitrogens with zero attached hydrogens (tertiary/aromatic N) is 4. The van der Waals surface area contributed by atoms with Crippen LogP contribution < -0.4 is 19.7 Å². The van der Waals surface area contributed by atoms with Crippen LogP contribution in [-0.2, 0) is 17.8 Å². The third-order valence-electron chi connectivity index (χ3n) is 6.42. The van der Waals surface area contributed by atoms with Gasteiger partial charge in [0, 0.05) is 23.3 Å². The average molecular weight is 599 g/mol. The molecule has 4 aromatic rings. The quantitative estimate of drug-likeness (QED) is 0.265. The highest BCUT2D eigenvalue weighted by Gasteiger charge is 2.26. The number of nitrogens with one attached hydrogen (secondary N) is 1. The second kappa shape index (κ2) is 12.2. The first-order valence-corrected chi connectivity index (χ1v) is 14.0. The third-order valence-corrected chi connectivity index (χ3v) is 7.88.